The molecular weight excluding hydrogens is 536 g/mol. The van der Waals surface area contributed by atoms with Crippen molar-refractivity contribution in [2.24, 2.45) is 0 Å². The minimum atomic E-state index is -0.673. The Labute approximate surface area is 246 Å². The van der Waals surface area contributed by atoms with E-state index in [4.69, 9.17) is 14.2 Å². The molecular formula is C33H38N2O7. The summed E-state index contributed by atoms with van der Waals surface area (Å²) in [5, 5.41) is 5.32. The number of benzene rings is 3. The Morgan fingerprint density at radius 1 is 0.786 bits per heavy atom. The topological polar surface area (TPSA) is 120 Å². The number of nitrogens with one attached hydrogen (secondary N) is 2. The lowest BCUT2D eigenvalue weighted by atomic mass is 10.0. The van der Waals surface area contributed by atoms with Crippen LogP contribution in [0.25, 0.3) is 0 Å². The quantitative estimate of drug-likeness (QED) is 0.161. The van der Waals surface area contributed by atoms with Crippen LogP contribution in [-0.4, -0.2) is 37.0 Å². The standard InChI is InChI=1S/C33H38N2O7/c1-5-6-19-40-33(39)24-8-10-25(11-9-24)35-31(37)21-41-32(38)18-17-30(36)34-26-12-14-27(15-13-26)42-29-20-23(4)7-16-28(29)22(2)3/h7-16,20,22H,5-6,17-19,21H2,1-4H3,(H,34,36)(H,35,37). The summed E-state index contributed by atoms with van der Waals surface area (Å²) in [7, 11) is 0. The fourth-order valence-electron chi connectivity index (χ4n) is 3.88. The third-order valence-corrected chi connectivity index (χ3v) is 6.21. The van der Waals surface area contributed by atoms with Gasteiger partial charge in [0.05, 0.1) is 18.6 Å². The molecule has 0 saturated carbocycles. The van der Waals surface area contributed by atoms with Crippen molar-refractivity contribution in [3.05, 3.63) is 83.4 Å². The molecule has 3 aromatic rings. The van der Waals surface area contributed by atoms with Gasteiger partial charge in [-0.15, -0.1) is 0 Å². The first-order valence-electron chi connectivity index (χ1n) is 14.1. The van der Waals surface area contributed by atoms with Crippen LogP contribution < -0.4 is 15.4 Å². The molecule has 0 bridgehead atoms. The van der Waals surface area contributed by atoms with Crippen molar-refractivity contribution in [2.75, 3.05) is 23.8 Å². The van der Waals surface area contributed by atoms with E-state index in [-0.39, 0.29) is 18.7 Å². The number of hydrogen-bond donors (Lipinski definition) is 2. The fourth-order valence-corrected chi connectivity index (χ4v) is 3.88. The molecule has 0 aliphatic heterocycles. The van der Waals surface area contributed by atoms with Gasteiger partial charge in [-0.25, -0.2) is 4.79 Å². The summed E-state index contributed by atoms with van der Waals surface area (Å²) in [6.45, 7) is 8.10. The van der Waals surface area contributed by atoms with Crippen LogP contribution in [0.3, 0.4) is 0 Å². The summed E-state index contributed by atoms with van der Waals surface area (Å²) in [5.74, 6) is -0.253. The number of unbranched alkanes of at least 4 members (excludes halogenated alkanes) is 1. The maximum Gasteiger partial charge on any atom is 0.338 e. The maximum atomic E-state index is 12.3. The second-order valence-corrected chi connectivity index (χ2v) is 10.1. The van der Waals surface area contributed by atoms with E-state index in [1.165, 1.54) is 0 Å². The number of aryl methyl sites for hydroxylation is 1. The summed E-state index contributed by atoms with van der Waals surface area (Å²) in [6, 6.07) is 19.3. The molecule has 222 valence electrons. The maximum absolute atomic E-state index is 12.3. The van der Waals surface area contributed by atoms with E-state index < -0.39 is 24.5 Å². The Kier molecular flexibility index (Phi) is 12.1. The van der Waals surface area contributed by atoms with E-state index in [0.29, 0.717) is 35.2 Å². The molecule has 0 aliphatic rings. The summed E-state index contributed by atoms with van der Waals surface area (Å²) >= 11 is 0. The zero-order valence-electron chi connectivity index (χ0n) is 24.5. The molecule has 0 fully saturated rings. The zero-order chi connectivity index (χ0) is 30.5. The number of hydrogen-bond acceptors (Lipinski definition) is 7. The lowest BCUT2D eigenvalue weighted by molar-refractivity contribution is -0.147. The van der Waals surface area contributed by atoms with Crippen molar-refractivity contribution in [2.45, 2.75) is 59.3 Å². The fraction of sp³-hybridized carbons (Fsp3) is 0.333. The van der Waals surface area contributed by atoms with Crippen LogP contribution in [0.4, 0.5) is 11.4 Å². The zero-order valence-corrected chi connectivity index (χ0v) is 24.5. The van der Waals surface area contributed by atoms with Gasteiger partial charge in [0.15, 0.2) is 6.61 Å². The van der Waals surface area contributed by atoms with Crippen LogP contribution in [0.1, 0.15) is 73.9 Å². The van der Waals surface area contributed by atoms with Crippen LogP contribution >= 0.6 is 0 Å². The first-order valence-corrected chi connectivity index (χ1v) is 14.1. The second kappa shape index (κ2) is 16.0. The molecule has 0 saturated heterocycles. The molecule has 0 spiro atoms. The van der Waals surface area contributed by atoms with Gasteiger partial charge in [0.25, 0.3) is 5.91 Å². The third kappa shape index (κ3) is 10.4. The van der Waals surface area contributed by atoms with E-state index in [9.17, 15) is 19.2 Å². The summed E-state index contributed by atoms with van der Waals surface area (Å²) in [6.07, 6.45) is 1.44. The van der Waals surface area contributed by atoms with Crippen LogP contribution in [0.5, 0.6) is 11.5 Å². The predicted molar refractivity (Wildman–Crippen MR) is 161 cm³/mol. The summed E-state index contributed by atoms with van der Waals surface area (Å²) in [4.78, 5) is 48.5. The van der Waals surface area contributed by atoms with Gasteiger partial charge in [-0.05, 0) is 85.0 Å². The number of ether oxygens (including phenoxy) is 3. The lowest BCUT2D eigenvalue weighted by Crippen LogP contribution is -2.21. The van der Waals surface area contributed by atoms with Gasteiger partial charge in [0.2, 0.25) is 5.91 Å². The van der Waals surface area contributed by atoms with Crippen LogP contribution in [-0.2, 0) is 23.9 Å². The van der Waals surface area contributed by atoms with Crippen molar-refractivity contribution in [3.63, 3.8) is 0 Å². The van der Waals surface area contributed by atoms with Crippen LogP contribution in [0.2, 0.25) is 0 Å². The smallest absolute Gasteiger partial charge is 0.338 e. The van der Waals surface area contributed by atoms with Crippen molar-refractivity contribution in [1.82, 2.24) is 0 Å². The number of carbonyl (C=O) groups excluding carboxylic acids is 4. The minimum absolute atomic E-state index is 0.102. The molecule has 0 aliphatic carbocycles. The van der Waals surface area contributed by atoms with Gasteiger partial charge in [-0.2, -0.15) is 0 Å². The first kappa shape index (κ1) is 31.9. The lowest BCUT2D eigenvalue weighted by Gasteiger charge is -2.15. The Balaban J connectivity index is 1.37. The largest absolute Gasteiger partial charge is 0.462 e. The Morgan fingerprint density at radius 2 is 1.43 bits per heavy atom. The molecule has 0 aromatic heterocycles. The Bertz CT molecular complexity index is 1370. The van der Waals surface area contributed by atoms with E-state index >= 15 is 0 Å². The molecule has 42 heavy (non-hydrogen) atoms. The summed E-state index contributed by atoms with van der Waals surface area (Å²) in [5.41, 5.74) is 3.59. The molecule has 0 atom stereocenters. The average molecular weight is 575 g/mol. The van der Waals surface area contributed by atoms with Crippen molar-refractivity contribution in [1.29, 1.82) is 0 Å². The van der Waals surface area contributed by atoms with E-state index in [2.05, 4.69) is 36.6 Å². The van der Waals surface area contributed by atoms with Gasteiger partial charge in [0, 0.05) is 17.8 Å². The molecule has 9 heteroatoms. The second-order valence-electron chi connectivity index (χ2n) is 10.1. The molecule has 3 rings (SSSR count). The monoisotopic (exact) mass is 574 g/mol. The van der Waals surface area contributed by atoms with E-state index in [1.54, 1.807) is 48.5 Å². The van der Waals surface area contributed by atoms with Crippen molar-refractivity contribution >= 4 is 35.1 Å². The normalized spacial score (nSPS) is 10.6. The van der Waals surface area contributed by atoms with E-state index in [1.807, 2.05) is 19.9 Å². The van der Waals surface area contributed by atoms with E-state index in [0.717, 1.165) is 29.7 Å². The van der Waals surface area contributed by atoms with Gasteiger partial charge < -0.3 is 24.8 Å². The molecule has 2 N–H and O–H groups in total. The van der Waals surface area contributed by atoms with Crippen molar-refractivity contribution in [3.8, 4) is 11.5 Å². The molecule has 0 radical (unpaired) electrons. The number of rotatable bonds is 14. The predicted octanol–water partition coefficient (Wildman–Crippen LogP) is 6.77. The van der Waals surface area contributed by atoms with Gasteiger partial charge in [-0.3, -0.25) is 14.4 Å². The summed E-state index contributed by atoms with van der Waals surface area (Å²) < 4.78 is 16.2. The number of carbonyl (C=O) groups is 4. The SMILES string of the molecule is CCCCOC(=O)c1ccc(NC(=O)COC(=O)CCC(=O)Nc2ccc(Oc3cc(C)ccc3C(C)C)cc2)cc1. The highest BCUT2D eigenvalue weighted by molar-refractivity contribution is 5.95. The van der Waals surface area contributed by atoms with Crippen LogP contribution in [0, 0.1) is 6.92 Å². The highest BCUT2D eigenvalue weighted by Crippen LogP contribution is 2.32. The Hall–Kier alpha value is -4.66. The number of amides is 2. The minimum Gasteiger partial charge on any atom is -0.462 e. The number of esters is 2. The molecule has 0 heterocycles. The molecule has 2 amide bonds. The van der Waals surface area contributed by atoms with Gasteiger partial charge in [0.1, 0.15) is 11.5 Å². The van der Waals surface area contributed by atoms with Crippen molar-refractivity contribution < 1.29 is 33.4 Å². The highest BCUT2D eigenvalue weighted by Gasteiger charge is 2.13. The molecule has 9 nitrogen and oxygen atoms in total. The average Bonchev–Trinajstić information content (AvgIpc) is 2.96. The molecule has 0 unspecified atom stereocenters. The third-order valence-electron chi connectivity index (χ3n) is 6.21. The highest BCUT2D eigenvalue weighted by atomic mass is 16.5. The molecule has 3 aromatic carbocycles. The van der Waals surface area contributed by atoms with Crippen LogP contribution in [0.15, 0.2) is 66.7 Å². The van der Waals surface area contributed by atoms with Gasteiger partial charge >= 0.3 is 11.9 Å². The Morgan fingerprint density at radius 3 is 2.07 bits per heavy atom. The first-order chi connectivity index (χ1) is 20.1. The van der Waals surface area contributed by atoms with Gasteiger partial charge in [-0.1, -0.05) is 39.3 Å². The number of anilines is 2.